The van der Waals surface area contributed by atoms with E-state index in [4.69, 9.17) is 4.55 Å². The summed E-state index contributed by atoms with van der Waals surface area (Å²) in [6.45, 7) is 3.02. The molecule has 0 saturated carbocycles. The molecule has 0 rings (SSSR count). The molecule has 1 N–H and O–H groups in total. The Hall–Kier alpha value is 0.600. The number of halogens is 1. The first kappa shape index (κ1) is 12.3. The molecule has 4 nitrogen and oxygen atoms in total. The third kappa shape index (κ3) is 11.9. The molecule has 0 heterocycles. The van der Waals surface area contributed by atoms with Crippen LogP contribution in [0.1, 0.15) is 13.8 Å². The molecule has 58 valence electrons. The Balaban J connectivity index is 0. The van der Waals surface area contributed by atoms with Gasteiger partial charge < -0.3 is 0 Å². The van der Waals surface area contributed by atoms with Crippen LogP contribution < -0.4 is 0 Å². The van der Waals surface area contributed by atoms with E-state index in [9.17, 15) is 8.42 Å². The van der Waals surface area contributed by atoms with Crippen molar-refractivity contribution < 1.29 is 17.2 Å². The van der Waals surface area contributed by atoms with Gasteiger partial charge in [0, 0.05) is 0 Å². The minimum Gasteiger partial charge on any atom is -0.264 e. The Morgan fingerprint density at radius 3 is 1.78 bits per heavy atom. The summed E-state index contributed by atoms with van der Waals surface area (Å²) >= 11 is 0. The average molecular weight is 268 g/mol. The Kier molecular flexibility index (Phi) is 6.04. The first-order valence-electron chi connectivity index (χ1n) is 2.07. The van der Waals surface area contributed by atoms with Crippen molar-refractivity contribution in [2.75, 3.05) is 0 Å². The maximum absolute atomic E-state index is 9.78. The molecule has 9 heavy (non-hydrogen) atoms. The molecular weight excluding hydrogens is 259 g/mol. The van der Waals surface area contributed by atoms with Crippen LogP contribution in [0.3, 0.4) is 0 Å². The van der Waals surface area contributed by atoms with Crippen molar-refractivity contribution >= 4 is 34.4 Å². The van der Waals surface area contributed by atoms with E-state index in [1.54, 1.807) is 0 Å². The Morgan fingerprint density at radius 1 is 1.44 bits per heavy atom. The van der Waals surface area contributed by atoms with Crippen molar-refractivity contribution in [2.24, 2.45) is 0 Å². The first-order chi connectivity index (χ1) is 3.42. The van der Waals surface area contributed by atoms with Crippen molar-refractivity contribution in [1.29, 1.82) is 0 Å². The van der Waals surface area contributed by atoms with E-state index in [1.165, 1.54) is 13.8 Å². The lowest BCUT2D eigenvalue weighted by atomic mass is 10.5. The Morgan fingerprint density at radius 2 is 1.78 bits per heavy atom. The number of hydrogen-bond donors (Lipinski definition) is 1. The predicted octanol–water partition coefficient (Wildman–Crippen LogP) is 0.832. The van der Waals surface area contributed by atoms with Gasteiger partial charge in [-0.25, -0.2) is 4.18 Å². The summed E-state index contributed by atoms with van der Waals surface area (Å²) < 4.78 is 31.5. The zero-order chi connectivity index (χ0) is 6.78. The van der Waals surface area contributed by atoms with E-state index in [0.29, 0.717) is 0 Å². The highest BCUT2D eigenvalue weighted by Gasteiger charge is 2.05. The standard InChI is InChI=1S/C3H8O4S.HI/c1-3(2)7-8(4,5)6;/h3H,1-2H3,(H,4,5,6);1H. The van der Waals surface area contributed by atoms with Crippen molar-refractivity contribution in [1.82, 2.24) is 0 Å². The third-order valence-electron chi connectivity index (χ3n) is 0.314. The molecule has 0 atom stereocenters. The van der Waals surface area contributed by atoms with E-state index in [1.807, 2.05) is 0 Å². The van der Waals surface area contributed by atoms with Crippen LogP contribution in [-0.4, -0.2) is 19.1 Å². The minimum absolute atomic E-state index is 0. The van der Waals surface area contributed by atoms with E-state index < -0.39 is 16.5 Å². The van der Waals surface area contributed by atoms with Crippen LogP contribution in [0.15, 0.2) is 0 Å². The molecule has 0 aromatic carbocycles. The van der Waals surface area contributed by atoms with Crippen molar-refractivity contribution in [2.45, 2.75) is 20.0 Å². The zero-order valence-corrected chi connectivity index (χ0v) is 8.21. The van der Waals surface area contributed by atoms with Crippen LogP contribution >= 0.6 is 24.0 Å². The predicted molar refractivity (Wildman–Crippen MR) is 43.2 cm³/mol. The topological polar surface area (TPSA) is 63.6 Å². The van der Waals surface area contributed by atoms with Crippen LogP contribution in [0.25, 0.3) is 0 Å². The van der Waals surface area contributed by atoms with Gasteiger partial charge in [0.2, 0.25) is 0 Å². The average Bonchev–Trinajstić information content (AvgIpc) is 1.21. The summed E-state index contributed by atoms with van der Waals surface area (Å²) in [6, 6.07) is 0. The molecule has 0 unspecified atom stereocenters. The fourth-order valence-electron chi connectivity index (χ4n) is 0.243. The number of hydrogen-bond acceptors (Lipinski definition) is 3. The lowest BCUT2D eigenvalue weighted by Crippen LogP contribution is -2.10. The van der Waals surface area contributed by atoms with Crippen LogP contribution in [0.2, 0.25) is 0 Å². The van der Waals surface area contributed by atoms with Gasteiger partial charge in [-0.15, -0.1) is 24.0 Å². The van der Waals surface area contributed by atoms with Crippen LogP contribution in [0.4, 0.5) is 0 Å². The molecule has 0 aliphatic carbocycles. The zero-order valence-electron chi connectivity index (χ0n) is 5.07. The molecular formula is C3H9IO4S. The van der Waals surface area contributed by atoms with Gasteiger partial charge in [-0.05, 0) is 13.8 Å². The van der Waals surface area contributed by atoms with E-state index in [2.05, 4.69) is 4.18 Å². The third-order valence-corrected chi connectivity index (χ3v) is 0.942. The van der Waals surface area contributed by atoms with Gasteiger partial charge in [-0.2, -0.15) is 8.42 Å². The second-order valence-corrected chi connectivity index (χ2v) is 2.62. The van der Waals surface area contributed by atoms with Gasteiger partial charge in [0.15, 0.2) is 0 Å². The van der Waals surface area contributed by atoms with Crippen LogP contribution in [-0.2, 0) is 14.6 Å². The van der Waals surface area contributed by atoms with Crippen molar-refractivity contribution in [3.05, 3.63) is 0 Å². The normalized spacial score (nSPS) is 11.1. The largest absolute Gasteiger partial charge is 0.397 e. The van der Waals surface area contributed by atoms with E-state index in [0.717, 1.165) is 0 Å². The summed E-state index contributed by atoms with van der Waals surface area (Å²) in [6.07, 6.45) is -0.495. The highest BCUT2D eigenvalue weighted by Crippen LogP contribution is 1.92. The molecule has 0 bridgehead atoms. The summed E-state index contributed by atoms with van der Waals surface area (Å²) in [5.41, 5.74) is 0. The van der Waals surface area contributed by atoms with Gasteiger partial charge >= 0.3 is 10.4 Å². The summed E-state index contributed by atoms with van der Waals surface area (Å²) in [7, 11) is -4.22. The highest BCUT2D eigenvalue weighted by atomic mass is 127. The second-order valence-electron chi connectivity index (χ2n) is 1.57. The fourth-order valence-corrected chi connectivity index (χ4v) is 0.730. The fraction of sp³-hybridized carbons (Fsp3) is 1.00. The molecule has 0 aliphatic rings. The first-order valence-corrected chi connectivity index (χ1v) is 3.44. The molecule has 0 radical (unpaired) electrons. The molecule has 0 saturated heterocycles. The van der Waals surface area contributed by atoms with Crippen molar-refractivity contribution in [3.63, 3.8) is 0 Å². The summed E-state index contributed by atoms with van der Waals surface area (Å²) in [5, 5.41) is 0. The summed E-state index contributed by atoms with van der Waals surface area (Å²) in [5.74, 6) is 0. The number of rotatable bonds is 2. The van der Waals surface area contributed by atoms with E-state index in [-0.39, 0.29) is 24.0 Å². The molecule has 0 aromatic heterocycles. The van der Waals surface area contributed by atoms with Gasteiger partial charge in [0.25, 0.3) is 0 Å². The second kappa shape index (κ2) is 4.42. The van der Waals surface area contributed by atoms with Gasteiger partial charge in [-0.3, -0.25) is 4.55 Å². The van der Waals surface area contributed by atoms with Gasteiger partial charge in [0.05, 0.1) is 6.10 Å². The Labute approximate surface area is 71.6 Å². The Bertz CT molecular complexity index is 149. The highest BCUT2D eigenvalue weighted by molar-refractivity contribution is 14.0. The van der Waals surface area contributed by atoms with Gasteiger partial charge in [0.1, 0.15) is 0 Å². The van der Waals surface area contributed by atoms with Crippen LogP contribution in [0, 0.1) is 0 Å². The van der Waals surface area contributed by atoms with Gasteiger partial charge in [-0.1, -0.05) is 0 Å². The molecule has 0 fully saturated rings. The molecule has 6 heteroatoms. The van der Waals surface area contributed by atoms with Crippen LogP contribution in [0.5, 0.6) is 0 Å². The molecule has 0 amide bonds. The maximum Gasteiger partial charge on any atom is 0.397 e. The molecule has 0 spiro atoms. The lowest BCUT2D eigenvalue weighted by Gasteiger charge is -1.99. The SMILES string of the molecule is CC(C)OS(=O)(=O)O.I. The van der Waals surface area contributed by atoms with Crippen molar-refractivity contribution in [3.8, 4) is 0 Å². The minimum atomic E-state index is -4.22. The smallest absolute Gasteiger partial charge is 0.264 e. The maximum atomic E-state index is 9.78. The monoisotopic (exact) mass is 268 g/mol. The molecule has 0 aromatic rings. The quantitative estimate of drug-likeness (QED) is 0.595. The summed E-state index contributed by atoms with van der Waals surface area (Å²) in [4.78, 5) is 0. The lowest BCUT2D eigenvalue weighted by molar-refractivity contribution is 0.213. The molecule has 0 aliphatic heterocycles. The van der Waals surface area contributed by atoms with E-state index >= 15 is 0 Å².